The third-order valence-electron chi connectivity index (χ3n) is 1.82. The highest BCUT2D eigenvalue weighted by molar-refractivity contribution is 9.10. The predicted octanol–water partition coefficient (Wildman–Crippen LogP) is 2.39. The minimum Gasteiger partial charge on any atom is -0.507 e. The van der Waals surface area contributed by atoms with Crippen LogP contribution in [0.1, 0.15) is 0 Å². The van der Waals surface area contributed by atoms with Crippen LogP contribution in [0.2, 0.25) is 0 Å². The summed E-state index contributed by atoms with van der Waals surface area (Å²) in [6.45, 7) is 0. The van der Waals surface area contributed by atoms with Crippen LogP contribution in [0.3, 0.4) is 0 Å². The Bertz CT molecular complexity index is 447. The van der Waals surface area contributed by atoms with Crippen molar-refractivity contribution < 1.29 is 9.63 Å². The van der Waals surface area contributed by atoms with Gasteiger partial charge in [0.15, 0.2) is 5.76 Å². The molecule has 2 aromatic rings. The van der Waals surface area contributed by atoms with E-state index in [-0.39, 0.29) is 5.75 Å². The molecule has 3 N–H and O–H groups in total. The summed E-state index contributed by atoms with van der Waals surface area (Å²) < 4.78 is 5.66. The molecule has 14 heavy (non-hydrogen) atoms. The first-order valence-electron chi connectivity index (χ1n) is 3.88. The number of nitrogen functional groups attached to an aromatic ring is 1. The predicted molar refractivity (Wildman–Crippen MR) is 55.7 cm³/mol. The molecule has 0 aliphatic heterocycles. The first kappa shape index (κ1) is 9.08. The molecule has 0 aliphatic rings. The van der Waals surface area contributed by atoms with E-state index in [0.717, 1.165) is 0 Å². The number of aromatic hydroxyl groups is 1. The molecule has 5 heteroatoms. The van der Waals surface area contributed by atoms with Crippen molar-refractivity contribution in [1.82, 2.24) is 5.16 Å². The lowest BCUT2D eigenvalue weighted by Gasteiger charge is -2.03. The van der Waals surface area contributed by atoms with Crippen molar-refractivity contribution in [2.24, 2.45) is 0 Å². The van der Waals surface area contributed by atoms with Crippen LogP contribution in [0.25, 0.3) is 11.3 Å². The standard InChI is InChI=1S/C9H7BrN2O2/c10-5-2-1-3-7(13)8(5)9-6(11)4-12-14-9/h1-4,13H,11H2. The van der Waals surface area contributed by atoms with Crippen LogP contribution in [-0.4, -0.2) is 10.3 Å². The van der Waals surface area contributed by atoms with Gasteiger partial charge < -0.3 is 15.4 Å². The number of phenolic OH excluding ortho intramolecular Hbond substituents is 1. The highest BCUT2D eigenvalue weighted by Gasteiger charge is 2.15. The maximum Gasteiger partial charge on any atom is 0.194 e. The van der Waals surface area contributed by atoms with E-state index in [9.17, 15) is 5.11 Å². The highest BCUT2D eigenvalue weighted by atomic mass is 79.9. The Kier molecular flexibility index (Phi) is 2.17. The average molecular weight is 255 g/mol. The van der Waals surface area contributed by atoms with E-state index in [1.54, 1.807) is 18.2 Å². The van der Waals surface area contributed by atoms with Gasteiger partial charge in [0.05, 0.1) is 11.8 Å². The van der Waals surface area contributed by atoms with Crippen molar-refractivity contribution in [2.45, 2.75) is 0 Å². The van der Waals surface area contributed by atoms with Gasteiger partial charge in [-0.1, -0.05) is 11.2 Å². The fourth-order valence-corrected chi connectivity index (χ4v) is 1.71. The molecule has 0 atom stereocenters. The van der Waals surface area contributed by atoms with Crippen LogP contribution in [0, 0.1) is 0 Å². The van der Waals surface area contributed by atoms with Gasteiger partial charge in [0.2, 0.25) is 0 Å². The molecule has 0 unspecified atom stereocenters. The average Bonchev–Trinajstić information content (AvgIpc) is 2.52. The molecule has 0 spiro atoms. The maximum atomic E-state index is 9.61. The third-order valence-corrected chi connectivity index (χ3v) is 2.48. The Hall–Kier alpha value is -1.49. The van der Waals surface area contributed by atoms with Gasteiger partial charge in [-0.05, 0) is 28.1 Å². The van der Waals surface area contributed by atoms with Crippen molar-refractivity contribution in [3.63, 3.8) is 0 Å². The lowest BCUT2D eigenvalue weighted by Crippen LogP contribution is -1.86. The van der Waals surface area contributed by atoms with E-state index < -0.39 is 0 Å². The largest absolute Gasteiger partial charge is 0.507 e. The molecular formula is C9H7BrN2O2. The van der Waals surface area contributed by atoms with Crippen LogP contribution in [0.4, 0.5) is 5.69 Å². The normalized spacial score (nSPS) is 10.4. The van der Waals surface area contributed by atoms with Crippen LogP contribution in [0.5, 0.6) is 5.75 Å². The number of benzene rings is 1. The van der Waals surface area contributed by atoms with Crippen LogP contribution in [0.15, 0.2) is 33.4 Å². The van der Waals surface area contributed by atoms with E-state index in [4.69, 9.17) is 10.3 Å². The minimum absolute atomic E-state index is 0.0998. The number of aromatic nitrogens is 1. The van der Waals surface area contributed by atoms with Crippen molar-refractivity contribution in [2.75, 3.05) is 5.73 Å². The number of rotatable bonds is 1. The molecule has 0 bridgehead atoms. The lowest BCUT2D eigenvalue weighted by atomic mass is 10.1. The quantitative estimate of drug-likeness (QED) is 0.820. The number of hydrogen-bond acceptors (Lipinski definition) is 4. The Balaban J connectivity index is 2.68. The second kappa shape index (κ2) is 3.34. The molecule has 4 nitrogen and oxygen atoms in total. The number of nitrogens with two attached hydrogens (primary N) is 1. The van der Waals surface area contributed by atoms with Gasteiger partial charge in [-0.3, -0.25) is 0 Å². The molecule has 2 rings (SSSR count). The zero-order valence-corrected chi connectivity index (χ0v) is 8.65. The Labute approximate surface area is 88.5 Å². The van der Waals surface area contributed by atoms with Crippen molar-refractivity contribution in [3.05, 3.63) is 28.9 Å². The van der Waals surface area contributed by atoms with Crippen molar-refractivity contribution >= 4 is 21.6 Å². The summed E-state index contributed by atoms with van der Waals surface area (Å²) in [7, 11) is 0. The fourth-order valence-electron chi connectivity index (χ4n) is 1.17. The molecule has 1 aromatic heterocycles. The van der Waals surface area contributed by atoms with Crippen LogP contribution < -0.4 is 5.73 Å². The number of nitrogens with zero attached hydrogens (tertiary/aromatic N) is 1. The van der Waals surface area contributed by atoms with Gasteiger partial charge in [-0.25, -0.2) is 0 Å². The summed E-state index contributed by atoms with van der Waals surface area (Å²) in [6.07, 6.45) is 1.40. The number of hydrogen-bond donors (Lipinski definition) is 2. The summed E-state index contributed by atoms with van der Waals surface area (Å²) in [5, 5.41) is 13.2. The topological polar surface area (TPSA) is 72.3 Å². The number of halogens is 1. The lowest BCUT2D eigenvalue weighted by molar-refractivity contribution is 0.426. The molecule has 0 saturated carbocycles. The van der Waals surface area contributed by atoms with E-state index in [1.807, 2.05) is 0 Å². The zero-order chi connectivity index (χ0) is 10.1. The van der Waals surface area contributed by atoms with E-state index in [2.05, 4.69) is 21.1 Å². The van der Waals surface area contributed by atoms with Gasteiger partial charge >= 0.3 is 0 Å². The van der Waals surface area contributed by atoms with Gasteiger partial charge in [0.1, 0.15) is 11.4 Å². The summed E-state index contributed by atoms with van der Waals surface area (Å²) in [5.74, 6) is 0.470. The molecule has 0 amide bonds. The second-order valence-corrected chi connectivity index (χ2v) is 3.60. The van der Waals surface area contributed by atoms with Crippen LogP contribution in [-0.2, 0) is 0 Å². The molecule has 72 valence electrons. The second-order valence-electron chi connectivity index (χ2n) is 2.74. The SMILES string of the molecule is Nc1cnoc1-c1c(O)cccc1Br. The van der Waals surface area contributed by atoms with E-state index >= 15 is 0 Å². The Morgan fingerprint density at radius 3 is 2.79 bits per heavy atom. The zero-order valence-electron chi connectivity index (χ0n) is 7.07. The van der Waals surface area contributed by atoms with Crippen LogP contribution >= 0.6 is 15.9 Å². The molecule has 1 aromatic carbocycles. The molecule has 0 fully saturated rings. The summed E-state index contributed by atoms with van der Waals surface area (Å²) >= 11 is 3.30. The monoisotopic (exact) mass is 254 g/mol. The summed E-state index contributed by atoms with van der Waals surface area (Å²) in [4.78, 5) is 0. The van der Waals surface area contributed by atoms with Gasteiger partial charge in [0.25, 0.3) is 0 Å². The number of anilines is 1. The molecule has 1 heterocycles. The van der Waals surface area contributed by atoms with E-state index in [1.165, 1.54) is 6.20 Å². The first-order valence-corrected chi connectivity index (χ1v) is 4.67. The maximum absolute atomic E-state index is 9.61. The number of phenols is 1. The van der Waals surface area contributed by atoms with Gasteiger partial charge in [0, 0.05) is 4.47 Å². The smallest absolute Gasteiger partial charge is 0.194 e. The van der Waals surface area contributed by atoms with E-state index in [0.29, 0.717) is 21.5 Å². The fraction of sp³-hybridized carbons (Fsp3) is 0. The summed E-state index contributed by atoms with van der Waals surface area (Å²) in [5.41, 5.74) is 6.53. The van der Waals surface area contributed by atoms with Crippen molar-refractivity contribution in [3.8, 4) is 17.1 Å². The molecule has 0 aliphatic carbocycles. The summed E-state index contributed by atoms with van der Waals surface area (Å²) in [6, 6.07) is 5.06. The molecule has 0 saturated heterocycles. The van der Waals surface area contributed by atoms with Gasteiger partial charge in [-0.2, -0.15) is 0 Å². The minimum atomic E-state index is 0.0998. The van der Waals surface area contributed by atoms with Crippen molar-refractivity contribution in [1.29, 1.82) is 0 Å². The Morgan fingerprint density at radius 2 is 2.21 bits per heavy atom. The third kappa shape index (κ3) is 1.35. The molecular weight excluding hydrogens is 248 g/mol. The molecule has 0 radical (unpaired) electrons. The Morgan fingerprint density at radius 1 is 1.43 bits per heavy atom. The highest BCUT2D eigenvalue weighted by Crippen LogP contribution is 2.38. The van der Waals surface area contributed by atoms with Gasteiger partial charge in [-0.15, -0.1) is 0 Å². The first-order chi connectivity index (χ1) is 6.70.